The molecule has 0 aromatic heterocycles. The van der Waals surface area contributed by atoms with Crippen molar-refractivity contribution in [3.05, 3.63) is 51.3 Å². The van der Waals surface area contributed by atoms with E-state index in [1.807, 2.05) is 6.07 Å². The van der Waals surface area contributed by atoms with Gasteiger partial charge in [0.1, 0.15) is 11.6 Å². The lowest BCUT2D eigenvalue weighted by Crippen LogP contribution is -2.22. The Morgan fingerprint density at radius 2 is 1.88 bits per heavy atom. The third kappa shape index (κ3) is 2.66. The average molecular weight is 417 g/mol. The van der Waals surface area contributed by atoms with E-state index < -0.39 is 5.92 Å². The van der Waals surface area contributed by atoms with Crippen molar-refractivity contribution in [2.24, 2.45) is 5.73 Å². The second-order valence-corrected chi connectivity index (χ2v) is 6.50. The van der Waals surface area contributed by atoms with Crippen molar-refractivity contribution in [1.82, 2.24) is 0 Å². The van der Waals surface area contributed by atoms with Gasteiger partial charge in [0.05, 0.1) is 36.0 Å². The molecule has 134 valence electrons. The predicted octanol–water partition coefficient (Wildman–Crippen LogP) is 2.85. The minimum absolute atomic E-state index is 0.00629. The summed E-state index contributed by atoms with van der Waals surface area (Å²) < 4.78 is 17.0. The van der Waals surface area contributed by atoms with Crippen LogP contribution in [0.2, 0.25) is 0 Å². The number of allylic oxidation sites excluding steroid dienone is 1. The first kappa shape index (κ1) is 17.8. The molecule has 1 aliphatic heterocycles. The van der Waals surface area contributed by atoms with Crippen LogP contribution in [0.4, 0.5) is 11.4 Å². The van der Waals surface area contributed by atoms with Crippen molar-refractivity contribution in [1.29, 1.82) is 5.26 Å². The molecule has 0 amide bonds. The molecule has 0 fully saturated rings. The van der Waals surface area contributed by atoms with Gasteiger partial charge in [-0.25, -0.2) is 0 Å². The monoisotopic (exact) mass is 416 g/mol. The summed E-state index contributed by atoms with van der Waals surface area (Å²) in [5.74, 6) is 0.938. The average Bonchev–Trinajstić information content (AvgIpc) is 2.63. The van der Waals surface area contributed by atoms with Gasteiger partial charge in [-0.3, -0.25) is 0 Å². The van der Waals surface area contributed by atoms with E-state index in [0.29, 0.717) is 33.0 Å². The normalized spacial score (nSPS) is 15.7. The maximum absolute atomic E-state index is 9.65. The van der Waals surface area contributed by atoms with Crippen molar-refractivity contribution < 1.29 is 14.2 Å². The molecule has 1 atom stereocenters. The second-order valence-electron chi connectivity index (χ2n) is 5.65. The number of hydrogen-bond acceptors (Lipinski definition) is 7. The molecule has 0 saturated carbocycles. The number of hydrogen-bond donors (Lipinski definition) is 3. The highest BCUT2D eigenvalue weighted by atomic mass is 79.9. The summed E-state index contributed by atoms with van der Waals surface area (Å²) in [5, 5.41) is 9.65. The van der Waals surface area contributed by atoms with Crippen molar-refractivity contribution in [2.45, 2.75) is 5.92 Å². The fraction of sp³-hybridized carbons (Fsp3) is 0.167. The van der Waals surface area contributed by atoms with E-state index in [4.69, 9.17) is 31.4 Å². The first-order chi connectivity index (χ1) is 12.4. The zero-order valence-corrected chi connectivity index (χ0v) is 15.8. The Balaban J connectivity index is 2.29. The van der Waals surface area contributed by atoms with Gasteiger partial charge in [-0.15, -0.1) is 0 Å². The highest BCUT2D eigenvalue weighted by Crippen LogP contribution is 2.48. The maximum atomic E-state index is 9.65. The Bertz CT molecular complexity index is 966. The predicted molar refractivity (Wildman–Crippen MR) is 102 cm³/mol. The Morgan fingerprint density at radius 1 is 1.15 bits per heavy atom. The van der Waals surface area contributed by atoms with Crippen LogP contribution in [0.1, 0.15) is 17.0 Å². The van der Waals surface area contributed by atoms with Crippen LogP contribution in [0.15, 0.2) is 40.2 Å². The molecule has 0 bridgehead atoms. The minimum Gasteiger partial charge on any atom is -0.493 e. The lowest BCUT2D eigenvalue weighted by atomic mass is 9.83. The molecular formula is C18H17BrN4O3. The van der Waals surface area contributed by atoms with Crippen molar-refractivity contribution >= 4 is 27.3 Å². The summed E-state index contributed by atoms with van der Waals surface area (Å²) in [5.41, 5.74) is 20.3. The van der Waals surface area contributed by atoms with Gasteiger partial charge < -0.3 is 31.4 Å². The Morgan fingerprint density at radius 3 is 2.50 bits per heavy atom. The molecule has 7 nitrogen and oxygen atoms in total. The summed E-state index contributed by atoms with van der Waals surface area (Å²) in [7, 11) is 3.09. The SMILES string of the molecule is COc1cc([C@@H]2C(C#N)=C(N)Oc3c2ccc(N)c3N)cc(Br)c1OC. The number of nitriles is 1. The molecule has 1 heterocycles. The van der Waals surface area contributed by atoms with Crippen LogP contribution in [0.5, 0.6) is 17.2 Å². The molecule has 8 heteroatoms. The number of nitrogen functional groups attached to an aromatic ring is 2. The molecule has 26 heavy (non-hydrogen) atoms. The standard InChI is InChI=1S/C18H17BrN4O3/c1-24-13-6-8(5-11(19)17(13)25-2)14-9-3-4-12(21)15(22)16(9)26-18(23)10(14)7-20/h3-6,14H,21-23H2,1-2H3/t14-/m0/s1. The third-order valence-corrected chi connectivity index (χ3v) is 4.84. The molecular weight excluding hydrogens is 400 g/mol. The molecule has 3 rings (SSSR count). The van der Waals surface area contributed by atoms with E-state index in [2.05, 4.69) is 22.0 Å². The van der Waals surface area contributed by atoms with Gasteiger partial charge in [0.2, 0.25) is 5.88 Å². The van der Waals surface area contributed by atoms with Crippen LogP contribution < -0.4 is 31.4 Å². The number of nitrogens with zero attached hydrogens (tertiary/aromatic N) is 1. The highest BCUT2D eigenvalue weighted by Gasteiger charge is 2.33. The Labute approximate surface area is 159 Å². The van der Waals surface area contributed by atoms with E-state index in [1.54, 1.807) is 32.4 Å². The van der Waals surface area contributed by atoms with Gasteiger partial charge in [-0.05, 0) is 39.7 Å². The smallest absolute Gasteiger partial charge is 0.205 e. The number of nitrogens with two attached hydrogens (primary N) is 3. The maximum Gasteiger partial charge on any atom is 0.205 e. The Kier molecular flexibility index (Phi) is 4.57. The van der Waals surface area contributed by atoms with Crippen molar-refractivity contribution in [2.75, 3.05) is 25.7 Å². The number of rotatable bonds is 3. The van der Waals surface area contributed by atoms with Crippen LogP contribution >= 0.6 is 15.9 Å². The number of halogens is 1. The number of methoxy groups -OCH3 is 2. The number of benzene rings is 2. The van der Waals surface area contributed by atoms with Crippen LogP contribution in [0.25, 0.3) is 0 Å². The van der Waals surface area contributed by atoms with Gasteiger partial charge in [0.25, 0.3) is 0 Å². The fourth-order valence-electron chi connectivity index (χ4n) is 3.01. The molecule has 2 aromatic carbocycles. The number of fused-ring (bicyclic) bond motifs is 1. The summed E-state index contributed by atoms with van der Waals surface area (Å²) in [4.78, 5) is 0. The summed E-state index contributed by atoms with van der Waals surface area (Å²) >= 11 is 3.48. The van der Waals surface area contributed by atoms with Gasteiger partial charge in [0, 0.05) is 5.56 Å². The number of anilines is 2. The fourth-order valence-corrected chi connectivity index (χ4v) is 3.63. The lowest BCUT2D eigenvalue weighted by Gasteiger charge is -2.28. The molecule has 0 aliphatic carbocycles. The van der Waals surface area contributed by atoms with E-state index >= 15 is 0 Å². The largest absolute Gasteiger partial charge is 0.493 e. The van der Waals surface area contributed by atoms with Crippen molar-refractivity contribution in [3.8, 4) is 23.3 Å². The van der Waals surface area contributed by atoms with Crippen LogP contribution in [-0.2, 0) is 0 Å². The molecule has 0 radical (unpaired) electrons. The topological polar surface area (TPSA) is 130 Å². The summed E-state index contributed by atoms with van der Waals surface area (Å²) in [6.45, 7) is 0. The van der Waals surface area contributed by atoms with Crippen molar-refractivity contribution in [3.63, 3.8) is 0 Å². The molecule has 0 saturated heterocycles. The number of ether oxygens (including phenoxy) is 3. The van der Waals surface area contributed by atoms with E-state index in [0.717, 1.165) is 5.56 Å². The molecule has 1 aliphatic rings. The van der Waals surface area contributed by atoms with E-state index in [-0.39, 0.29) is 17.1 Å². The first-order valence-electron chi connectivity index (χ1n) is 7.59. The first-order valence-corrected chi connectivity index (χ1v) is 8.39. The van der Waals surface area contributed by atoms with Gasteiger partial charge >= 0.3 is 0 Å². The van der Waals surface area contributed by atoms with E-state index in [1.165, 1.54) is 0 Å². The van der Waals surface area contributed by atoms with Gasteiger partial charge in [-0.2, -0.15) is 5.26 Å². The molecule has 2 aromatic rings. The zero-order valence-electron chi connectivity index (χ0n) is 14.2. The second kappa shape index (κ2) is 6.69. The Hall–Kier alpha value is -3.05. The van der Waals surface area contributed by atoms with Gasteiger partial charge in [-0.1, -0.05) is 6.07 Å². The minimum atomic E-state index is -0.484. The zero-order chi connectivity index (χ0) is 19.0. The van der Waals surface area contributed by atoms with Gasteiger partial charge in [0.15, 0.2) is 17.2 Å². The highest BCUT2D eigenvalue weighted by molar-refractivity contribution is 9.10. The summed E-state index contributed by atoms with van der Waals surface area (Å²) in [6.07, 6.45) is 0. The van der Waals surface area contributed by atoms with Crippen LogP contribution in [0.3, 0.4) is 0 Å². The lowest BCUT2D eigenvalue weighted by molar-refractivity contribution is 0.352. The molecule has 0 unspecified atom stereocenters. The van der Waals surface area contributed by atoms with E-state index in [9.17, 15) is 5.26 Å². The molecule has 0 spiro atoms. The van der Waals surface area contributed by atoms with Crippen LogP contribution in [-0.4, -0.2) is 14.2 Å². The van der Waals surface area contributed by atoms with Crippen LogP contribution in [0, 0.1) is 11.3 Å². The molecule has 6 N–H and O–H groups in total. The third-order valence-electron chi connectivity index (χ3n) is 4.25. The summed E-state index contributed by atoms with van der Waals surface area (Å²) in [6, 6.07) is 9.23. The quantitative estimate of drug-likeness (QED) is 0.655.